The predicted molar refractivity (Wildman–Crippen MR) is 92.0 cm³/mol. The highest BCUT2D eigenvalue weighted by Crippen LogP contribution is 2.36. The second kappa shape index (κ2) is 6.30. The maximum atomic E-state index is 12.2. The molecule has 3 aromatic rings. The Hall–Kier alpha value is -2.53. The maximum absolute atomic E-state index is 12.2. The molecule has 1 amide bonds. The van der Waals surface area contributed by atoms with Crippen molar-refractivity contribution in [1.82, 2.24) is 5.32 Å². The topological polar surface area (TPSA) is 63.5 Å². The van der Waals surface area contributed by atoms with Crippen LogP contribution >= 0.6 is 0 Å². The van der Waals surface area contributed by atoms with Gasteiger partial charge in [-0.25, -0.2) is 0 Å². The lowest BCUT2D eigenvalue weighted by Gasteiger charge is -2.14. The van der Waals surface area contributed by atoms with Crippen LogP contribution in [0.25, 0.3) is 21.9 Å². The van der Waals surface area contributed by atoms with Gasteiger partial charge in [-0.1, -0.05) is 25.1 Å². The van der Waals surface area contributed by atoms with Crippen molar-refractivity contribution in [1.29, 1.82) is 0 Å². The normalized spacial score (nSPS) is 12.5. The summed E-state index contributed by atoms with van der Waals surface area (Å²) in [6.45, 7) is 2.49. The maximum Gasteiger partial charge on any atom is 0.228 e. The molecule has 0 radical (unpaired) electrons. The highest BCUT2D eigenvalue weighted by atomic mass is 16.5. The number of para-hydroxylation sites is 1. The number of hydrogen-bond acceptors (Lipinski definition) is 4. The van der Waals surface area contributed by atoms with Crippen molar-refractivity contribution in [3.05, 3.63) is 36.4 Å². The Morgan fingerprint density at radius 1 is 1.22 bits per heavy atom. The highest BCUT2D eigenvalue weighted by Gasteiger charge is 2.17. The zero-order chi connectivity index (χ0) is 16.4. The molecule has 1 atom stereocenters. The van der Waals surface area contributed by atoms with Gasteiger partial charge in [-0.15, -0.1) is 0 Å². The van der Waals surface area contributed by atoms with Crippen LogP contribution in [0.3, 0.4) is 0 Å². The zero-order valence-corrected chi connectivity index (χ0v) is 13.5. The fourth-order valence-corrected chi connectivity index (χ4v) is 2.67. The Morgan fingerprint density at radius 2 is 2.00 bits per heavy atom. The highest BCUT2D eigenvalue weighted by molar-refractivity contribution is 6.07. The molecule has 0 saturated carbocycles. The average Bonchev–Trinajstić information content (AvgIpc) is 2.91. The second-order valence-electron chi connectivity index (χ2n) is 5.59. The molecule has 0 bridgehead atoms. The summed E-state index contributed by atoms with van der Waals surface area (Å²) in [6, 6.07) is 11.6. The van der Waals surface area contributed by atoms with E-state index in [9.17, 15) is 4.79 Å². The molecular formula is C18H20N2O3. The van der Waals surface area contributed by atoms with Crippen LogP contribution in [-0.2, 0) is 4.79 Å². The van der Waals surface area contributed by atoms with E-state index in [2.05, 4.69) is 10.6 Å². The molecule has 0 fully saturated rings. The number of anilines is 1. The molecule has 120 valence electrons. The zero-order valence-electron chi connectivity index (χ0n) is 13.5. The molecule has 2 N–H and O–H groups in total. The first-order chi connectivity index (χ1) is 11.1. The van der Waals surface area contributed by atoms with Gasteiger partial charge in [0.1, 0.15) is 16.9 Å². The van der Waals surface area contributed by atoms with Gasteiger partial charge in [0.15, 0.2) is 0 Å². The SMILES string of the molecule is CNCC(C)C(=O)Nc1cc2oc3ccccc3c2cc1OC. The van der Waals surface area contributed by atoms with Gasteiger partial charge in [0.2, 0.25) is 5.91 Å². The van der Waals surface area contributed by atoms with Crippen molar-refractivity contribution in [3.63, 3.8) is 0 Å². The predicted octanol–water partition coefficient (Wildman–Crippen LogP) is 3.39. The summed E-state index contributed by atoms with van der Waals surface area (Å²) in [4.78, 5) is 12.2. The number of ether oxygens (including phenoxy) is 1. The lowest BCUT2D eigenvalue weighted by atomic mass is 10.1. The fourth-order valence-electron chi connectivity index (χ4n) is 2.67. The van der Waals surface area contributed by atoms with Gasteiger partial charge < -0.3 is 19.8 Å². The average molecular weight is 312 g/mol. The molecule has 1 unspecified atom stereocenters. The number of carbonyl (C=O) groups excluding carboxylic acids is 1. The van der Waals surface area contributed by atoms with Gasteiger partial charge in [0.25, 0.3) is 0 Å². The number of amides is 1. The third-order valence-corrected chi connectivity index (χ3v) is 3.91. The molecule has 0 aliphatic rings. The van der Waals surface area contributed by atoms with Crippen LogP contribution < -0.4 is 15.4 Å². The van der Waals surface area contributed by atoms with Gasteiger partial charge in [-0.05, 0) is 19.2 Å². The molecule has 1 heterocycles. The molecule has 0 saturated heterocycles. The number of methoxy groups -OCH3 is 1. The minimum Gasteiger partial charge on any atom is -0.495 e. The Kier molecular flexibility index (Phi) is 4.21. The molecule has 2 aromatic carbocycles. The second-order valence-corrected chi connectivity index (χ2v) is 5.59. The van der Waals surface area contributed by atoms with E-state index >= 15 is 0 Å². The Labute approximate surface area is 134 Å². The molecule has 1 aromatic heterocycles. The van der Waals surface area contributed by atoms with Crippen LogP contribution in [0.1, 0.15) is 6.92 Å². The summed E-state index contributed by atoms with van der Waals surface area (Å²) in [7, 11) is 3.42. The molecule has 23 heavy (non-hydrogen) atoms. The molecule has 0 spiro atoms. The largest absolute Gasteiger partial charge is 0.495 e. The standard InChI is InChI=1S/C18H20N2O3/c1-11(10-19-2)18(21)20-14-9-16-13(8-17(14)22-3)12-6-4-5-7-15(12)23-16/h4-9,11,19H,10H2,1-3H3,(H,20,21). The minimum atomic E-state index is -0.143. The van der Waals surface area contributed by atoms with E-state index in [0.29, 0.717) is 18.0 Å². The molecule has 0 aliphatic heterocycles. The van der Waals surface area contributed by atoms with Crippen LogP contribution in [0.4, 0.5) is 5.69 Å². The number of furan rings is 1. The van der Waals surface area contributed by atoms with E-state index in [4.69, 9.17) is 9.15 Å². The van der Waals surface area contributed by atoms with E-state index in [0.717, 1.165) is 21.9 Å². The van der Waals surface area contributed by atoms with Crippen molar-refractivity contribution in [2.75, 3.05) is 26.0 Å². The van der Waals surface area contributed by atoms with Gasteiger partial charge >= 0.3 is 0 Å². The smallest absolute Gasteiger partial charge is 0.228 e. The van der Waals surface area contributed by atoms with E-state index in [1.165, 1.54) is 0 Å². The van der Waals surface area contributed by atoms with Gasteiger partial charge in [0.05, 0.1) is 12.8 Å². The summed E-state index contributed by atoms with van der Waals surface area (Å²) in [5.74, 6) is 0.415. The van der Waals surface area contributed by atoms with Crippen molar-refractivity contribution in [3.8, 4) is 5.75 Å². The number of nitrogens with one attached hydrogen (secondary N) is 2. The molecule has 5 nitrogen and oxygen atoms in total. The Morgan fingerprint density at radius 3 is 2.74 bits per heavy atom. The number of fused-ring (bicyclic) bond motifs is 3. The molecule has 3 rings (SSSR count). The minimum absolute atomic E-state index is 0.0619. The quantitative estimate of drug-likeness (QED) is 0.758. The summed E-state index contributed by atoms with van der Waals surface area (Å²) < 4.78 is 11.3. The lowest BCUT2D eigenvalue weighted by molar-refractivity contribution is -0.119. The van der Waals surface area contributed by atoms with Crippen molar-refractivity contribution >= 4 is 33.5 Å². The third-order valence-electron chi connectivity index (χ3n) is 3.91. The monoisotopic (exact) mass is 312 g/mol. The number of benzene rings is 2. The third kappa shape index (κ3) is 2.87. The van der Waals surface area contributed by atoms with Gasteiger partial charge in [-0.3, -0.25) is 4.79 Å². The first-order valence-corrected chi connectivity index (χ1v) is 7.58. The lowest BCUT2D eigenvalue weighted by Crippen LogP contribution is -2.28. The van der Waals surface area contributed by atoms with E-state index < -0.39 is 0 Å². The first kappa shape index (κ1) is 15.4. The molecule has 0 aliphatic carbocycles. The van der Waals surface area contributed by atoms with Crippen LogP contribution in [0, 0.1) is 5.92 Å². The van der Waals surface area contributed by atoms with E-state index in [1.54, 1.807) is 7.11 Å². The summed E-state index contributed by atoms with van der Waals surface area (Å²) in [5, 5.41) is 7.92. The van der Waals surface area contributed by atoms with Gasteiger partial charge in [0, 0.05) is 29.3 Å². The van der Waals surface area contributed by atoms with Crippen LogP contribution in [0.2, 0.25) is 0 Å². The van der Waals surface area contributed by atoms with Crippen LogP contribution in [0.5, 0.6) is 5.75 Å². The summed E-state index contributed by atoms with van der Waals surface area (Å²) in [6.07, 6.45) is 0. The number of rotatable bonds is 5. The van der Waals surface area contributed by atoms with E-state index in [-0.39, 0.29) is 11.8 Å². The van der Waals surface area contributed by atoms with Crippen molar-refractivity contribution in [2.24, 2.45) is 5.92 Å². The van der Waals surface area contributed by atoms with Crippen molar-refractivity contribution < 1.29 is 13.9 Å². The summed E-state index contributed by atoms with van der Waals surface area (Å²) >= 11 is 0. The Balaban J connectivity index is 2.03. The first-order valence-electron chi connectivity index (χ1n) is 7.58. The number of carbonyl (C=O) groups is 1. The van der Waals surface area contributed by atoms with Crippen molar-refractivity contribution in [2.45, 2.75) is 6.92 Å². The van der Waals surface area contributed by atoms with E-state index in [1.807, 2.05) is 50.4 Å². The molecular weight excluding hydrogens is 292 g/mol. The summed E-state index contributed by atoms with van der Waals surface area (Å²) in [5.41, 5.74) is 2.16. The fraction of sp³-hybridized carbons (Fsp3) is 0.278. The molecule has 5 heteroatoms. The van der Waals surface area contributed by atoms with Gasteiger partial charge in [-0.2, -0.15) is 0 Å². The Bertz CT molecular complexity index is 854. The number of hydrogen-bond donors (Lipinski definition) is 2. The van der Waals surface area contributed by atoms with Crippen LogP contribution in [-0.4, -0.2) is 26.6 Å². The van der Waals surface area contributed by atoms with Crippen LogP contribution in [0.15, 0.2) is 40.8 Å².